The molecule has 0 atom stereocenters. The number of ether oxygens (including phenoxy) is 1. The van der Waals surface area contributed by atoms with Crippen LogP contribution in [-0.4, -0.2) is 6.61 Å². The zero-order valence-electron chi connectivity index (χ0n) is 9.44. The molecule has 2 rings (SSSR count). The van der Waals surface area contributed by atoms with E-state index < -0.39 is 0 Å². The summed E-state index contributed by atoms with van der Waals surface area (Å²) in [6.45, 7) is 2.71. The van der Waals surface area contributed by atoms with Crippen molar-refractivity contribution in [2.24, 2.45) is 0 Å². The lowest BCUT2D eigenvalue weighted by atomic mass is 10.1. The average molecular weight is 211 g/mol. The number of rotatable bonds is 4. The lowest BCUT2D eigenvalue weighted by Gasteiger charge is -2.05. The van der Waals surface area contributed by atoms with Crippen LogP contribution in [0, 0.1) is 6.07 Å². The van der Waals surface area contributed by atoms with E-state index >= 15 is 0 Å². The Labute approximate surface area is 96.7 Å². The van der Waals surface area contributed by atoms with E-state index in [-0.39, 0.29) is 0 Å². The molecule has 0 aliphatic rings. The molecule has 0 heterocycles. The molecule has 0 bridgehead atoms. The molecule has 0 saturated heterocycles. The minimum Gasteiger partial charge on any atom is -0.494 e. The molecule has 81 valence electrons. The highest BCUT2D eigenvalue weighted by Gasteiger charge is 1.96. The van der Waals surface area contributed by atoms with Gasteiger partial charge in [0, 0.05) is 0 Å². The Bertz CT molecular complexity index is 417. The highest BCUT2D eigenvalue weighted by atomic mass is 16.5. The minimum atomic E-state index is 0.716. The van der Waals surface area contributed by atoms with Gasteiger partial charge >= 0.3 is 0 Å². The van der Waals surface area contributed by atoms with Gasteiger partial charge in [-0.3, -0.25) is 0 Å². The topological polar surface area (TPSA) is 9.23 Å². The van der Waals surface area contributed by atoms with Gasteiger partial charge < -0.3 is 4.74 Å². The van der Waals surface area contributed by atoms with E-state index in [1.165, 1.54) is 11.1 Å². The van der Waals surface area contributed by atoms with Crippen LogP contribution in [0.3, 0.4) is 0 Å². The van der Waals surface area contributed by atoms with Crippen LogP contribution in [0.2, 0.25) is 0 Å². The molecule has 2 aromatic carbocycles. The monoisotopic (exact) mass is 211 g/mol. The molecule has 0 saturated carbocycles. The smallest absolute Gasteiger partial charge is 0.119 e. The Morgan fingerprint density at radius 1 is 0.938 bits per heavy atom. The van der Waals surface area contributed by atoms with Crippen LogP contribution in [0.5, 0.6) is 5.75 Å². The summed E-state index contributed by atoms with van der Waals surface area (Å²) in [4.78, 5) is 0. The van der Waals surface area contributed by atoms with Crippen molar-refractivity contribution >= 4 is 0 Å². The van der Waals surface area contributed by atoms with Gasteiger partial charge in [-0.05, 0) is 42.7 Å². The predicted molar refractivity (Wildman–Crippen MR) is 65.7 cm³/mol. The molecule has 0 N–H and O–H groups in total. The summed E-state index contributed by atoms with van der Waals surface area (Å²) < 4.78 is 5.41. The van der Waals surface area contributed by atoms with Crippen molar-refractivity contribution in [3.8, 4) is 5.75 Å². The third-order valence-electron chi connectivity index (χ3n) is 2.43. The van der Waals surface area contributed by atoms with Gasteiger partial charge in [0.05, 0.1) is 6.61 Å². The van der Waals surface area contributed by atoms with Crippen molar-refractivity contribution in [2.45, 2.75) is 13.3 Å². The molecular weight excluding hydrogens is 196 g/mol. The maximum Gasteiger partial charge on any atom is 0.119 e. The van der Waals surface area contributed by atoms with Gasteiger partial charge in [0.25, 0.3) is 0 Å². The number of hydrogen-bond acceptors (Lipinski definition) is 1. The Balaban J connectivity index is 2.05. The summed E-state index contributed by atoms with van der Waals surface area (Å²) in [6, 6.07) is 19.4. The Kier molecular flexibility index (Phi) is 3.60. The van der Waals surface area contributed by atoms with Gasteiger partial charge in [0.1, 0.15) is 5.75 Å². The van der Waals surface area contributed by atoms with Crippen LogP contribution >= 0.6 is 0 Å². The first kappa shape index (κ1) is 10.7. The average Bonchev–Trinajstić information content (AvgIpc) is 2.33. The highest BCUT2D eigenvalue weighted by Crippen LogP contribution is 2.14. The van der Waals surface area contributed by atoms with Gasteiger partial charge in [0.2, 0.25) is 0 Å². The molecule has 0 unspecified atom stereocenters. The summed E-state index contributed by atoms with van der Waals surface area (Å²) >= 11 is 0. The molecular formula is C15H15O. The summed E-state index contributed by atoms with van der Waals surface area (Å²) in [5.74, 6) is 0.938. The fourth-order valence-electron chi connectivity index (χ4n) is 1.65. The largest absolute Gasteiger partial charge is 0.494 e. The molecule has 0 aromatic heterocycles. The standard InChI is InChI=1S/C15H15O/c1-2-16-15-10-8-14(9-11-15)12-13-6-4-3-5-7-13/h4-11H,2,12H2,1H3. The van der Waals surface area contributed by atoms with Crippen molar-refractivity contribution in [1.82, 2.24) is 0 Å². The Hall–Kier alpha value is -1.76. The SMILES string of the molecule is CCOc1ccc(Cc2cc[c]cc2)cc1. The maximum atomic E-state index is 5.41. The van der Waals surface area contributed by atoms with Gasteiger partial charge in [-0.15, -0.1) is 0 Å². The van der Waals surface area contributed by atoms with Crippen molar-refractivity contribution in [3.63, 3.8) is 0 Å². The van der Waals surface area contributed by atoms with Crippen molar-refractivity contribution in [3.05, 3.63) is 65.7 Å². The third-order valence-corrected chi connectivity index (χ3v) is 2.43. The first-order chi connectivity index (χ1) is 7.88. The lowest BCUT2D eigenvalue weighted by Crippen LogP contribution is -1.92. The van der Waals surface area contributed by atoms with E-state index in [0.717, 1.165) is 12.2 Å². The molecule has 0 aliphatic heterocycles. The molecule has 1 heteroatoms. The van der Waals surface area contributed by atoms with Crippen molar-refractivity contribution < 1.29 is 4.74 Å². The minimum absolute atomic E-state index is 0.716. The van der Waals surface area contributed by atoms with Crippen LogP contribution in [0.15, 0.2) is 48.5 Å². The van der Waals surface area contributed by atoms with Crippen molar-refractivity contribution in [2.75, 3.05) is 6.61 Å². The van der Waals surface area contributed by atoms with Crippen LogP contribution < -0.4 is 4.74 Å². The zero-order chi connectivity index (χ0) is 11.2. The Morgan fingerprint density at radius 2 is 1.56 bits per heavy atom. The fraction of sp³-hybridized carbons (Fsp3) is 0.200. The molecule has 0 fully saturated rings. The second kappa shape index (κ2) is 5.36. The van der Waals surface area contributed by atoms with Gasteiger partial charge in [-0.25, -0.2) is 0 Å². The quantitative estimate of drug-likeness (QED) is 0.752. The summed E-state index contributed by atoms with van der Waals surface area (Å²) in [7, 11) is 0. The molecule has 1 nitrogen and oxygen atoms in total. The highest BCUT2D eigenvalue weighted by molar-refractivity contribution is 5.31. The van der Waals surface area contributed by atoms with E-state index in [9.17, 15) is 0 Å². The Morgan fingerprint density at radius 3 is 2.19 bits per heavy atom. The van der Waals surface area contributed by atoms with Crippen LogP contribution in [0.25, 0.3) is 0 Å². The first-order valence-electron chi connectivity index (χ1n) is 5.55. The molecule has 0 amide bonds. The fourth-order valence-corrected chi connectivity index (χ4v) is 1.65. The summed E-state index contributed by atoms with van der Waals surface area (Å²) in [6.07, 6.45) is 0.959. The lowest BCUT2D eigenvalue weighted by molar-refractivity contribution is 0.340. The number of benzene rings is 2. The van der Waals surface area contributed by atoms with Crippen LogP contribution in [-0.2, 0) is 6.42 Å². The molecule has 2 aromatic rings. The summed E-state index contributed by atoms with van der Waals surface area (Å²) in [5.41, 5.74) is 2.61. The zero-order valence-corrected chi connectivity index (χ0v) is 9.44. The summed E-state index contributed by atoms with van der Waals surface area (Å²) in [5, 5.41) is 0. The molecule has 1 radical (unpaired) electrons. The first-order valence-corrected chi connectivity index (χ1v) is 5.55. The van der Waals surface area contributed by atoms with E-state index in [0.29, 0.717) is 6.61 Å². The van der Waals surface area contributed by atoms with E-state index in [1.54, 1.807) is 0 Å². The molecule has 0 aliphatic carbocycles. The second-order valence-electron chi connectivity index (χ2n) is 3.66. The van der Waals surface area contributed by atoms with Crippen LogP contribution in [0.4, 0.5) is 0 Å². The van der Waals surface area contributed by atoms with E-state index in [2.05, 4.69) is 30.3 Å². The van der Waals surface area contributed by atoms with E-state index in [1.807, 2.05) is 31.2 Å². The predicted octanol–water partition coefficient (Wildman–Crippen LogP) is 3.48. The van der Waals surface area contributed by atoms with Crippen molar-refractivity contribution in [1.29, 1.82) is 0 Å². The molecule has 16 heavy (non-hydrogen) atoms. The van der Waals surface area contributed by atoms with Gasteiger partial charge in [0.15, 0.2) is 0 Å². The van der Waals surface area contributed by atoms with Gasteiger partial charge in [-0.1, -0.05) is 36.4 Å². The second-order valence-corrected chi connectivity index (χ2v) is 3.66. The number of hydrogen-bond donors (Lipinski definition) is 0. The van der Waals surface area contributed by atoms with E-state index in [4.69, 9.17) is 4.74 Å². The van der Waals surface area contributed by atoms with Crippen LogP contribution in [0.1, 0.15) is 18.1 Å². The maximum absolute atomic E-state index is 5.41. The molecule has 0 spiro atoms. The third kappa shape index (κ3) is 2.86. The van der Waals surface area contributed by atoms with Gasteiger partial charge in [-0.2, -0.15) is 0 Å². The normalized spacial score (nSPS) is 10.1.